The molecule has 0 saturated carbocycles. The molecule has 1 heterocycles. The minimum absolute atomic E-state index is 0.264. The number of hydrogen-bond donors (Lipinski definition) is 2. The Bertz CT molecular complexity index is 411. The molecule has 1 saturated heterocycles. The van der Waals surface area contributed by atoms with Crippen LogP contribution in [0.3, 0.4) is 0 Å². The van der Waals surface area contributed by atoms with Crippen LogP contribution >= 0.6 is 0 Å². The smallest absolute Gasteiger partial charge is 0.338 e. The van der Waals surface area contributed by atoms with Crippen molar-refractivity contribution in [2.24, 2.45) is 5.84 Å². The van der Waals surface area contributed by atoms with E-state index < -0.39 is 0 Å². The van der Waals surface area contributed by atoms with Crippen LogP contribution in [0.1, 0.15) is 30.1 Å². The molecular weight excluding hydrogens is 242 g/mol. The number of benzene rings is 1. The molecule has 19 heavy (non-hydrogen) atoms. The largest absolute Gasteiger partial charge is 0.462 e. The van der Waals surface area contributed by atoms with Gasteiger partial charge in [-0.2, -0.15) is 0 Å². The van der Waals surface area contributed by atoms with Gasteiger partial charge in [-0.15, -0.1) is 0 Å². The Morgan fingerprint density at radius 1 is 1.37 bits per heavy atom. The molecule has 5 nitrogen and oxygen atoms in total. The highest BCUT2D eigenvalue weighted by Gasteiger charge is 2.18. The lowest BCUT2D eigenvalue weighted by atomic mass is 10.0. The number of esters is 1. The van der Waals surface area contributed by atoms with Gasteiger partial charge < -0.3 is 9.64 Å². The van der Waals surface area contributed by atoms with Crippen LogP contribution < -0.4 is 16.2 Å². The predicted octanol–water partition coefficient (Wildman–Crippen LogP) is 1.30. The van der Waals surface area contributed by atoms with E-state index in [1.807, 2.05) is 31.2 Å². The minimum atomic E-state index is -0.264. The molecule has 3 N–H and O–H groups in total. The topological polar surface area (TPSA) is 67.6 Å². The third-order valence-electron chi connectivity index (χ3n) is 3.47. The SMILES string of the molecule is CCOC(=O)c1ccc(N2CCC(NN)CC2)cc1. The molecule has 0 aromatic heterocycles. The quantitative estimate of drug-likeness (QED) is 0.487. The van der Waals surface area contributed by atoms with E-state index >= 15 is 0 Å². The number of nitrogens with one attached hydrogen (secondary N) is 1. The summed E-state index contributed by atoms with van der Waals surface area (Å²) in [6.07, 6.45) is 2.08. The van der Waals surface area contributed by atoms with Gasteiger partial charge in [0.15, 0.2) is 0 Å². The van der Waals surface area contributed by atoms with E-state index in [0.29, 0.717) is 18.2 Å². The van der Waals surface area contributed by atoms with Crippen molar-refractivity contribution < 1.29 is 9.53 Å². The van der Waals surface area contributed by atoms with E-state index in [-0.39, 0.29) is 5.97 Å². The van der Waals surface area contributed by atoms with Crippen LogP contribution in [0, 0.1) is 0 Å². The minimum Gasteiger partial charge on any atom is -0.462 e. The summed E-state index contributed by atoms with van der Waals surface area (Å²) < 4.78 is 4.97. The summed E-state index contributed by atoms with van der Waals surface area (Å²) in [5.41, 5.74) is 4.57. The molecule has 0 unspecified atom stereocenters. The van der Waals surface area contributed by atoms with Gasteiger partial charge >= 0.3 is 5.97 Å². The Morgan fingerprint density at radius 2 is 2.00 bits per heavy atom. The molecule has 0 spiro atoms. The number of hydrogen-bond acceptors (Lipinski definition) is 5. The standard InChI is InChI=1S/C14H21N3O2/c1-2-19-14(18)11-3-5-13(6-4-11)17-9-7-12(16-15)8-10-17/h3-6,12,16H,2,7-10,15H2,1H3. The number of rotatable bonds is 4. The van der Waals surface area contributed by atoms with Crippen LogP contribution in [0.15, 0.2) is 24.3 Å². The lowest BCUT2D eigenvalue weighted by Gasteiger charge is -2.33. The van der Waals surface area contributed by atoms with Crippen molar-refractivity contribution in [2.75, 3.05) is 24.6 Å². The van der Waals surface area contributed by atoms with Crippen molar-refractivity contribution in [3.8, 4) is 0 Å². The molecule has 0 aliphatic carbocycles. The summed E-state index contributed by atoms with van der Waals surface area (Å²) in [6.45, 7) is 4.17. The Labute approximate surface area is 113 Å². The summed E-state index contributed by atoms with van der Waals surface area (Å²) in [6, 6.07) is 8.00. The lowest BCUT2D eigenvalue weighted by Crippen LogP contribution is -2.45. The maximum Gasteiger partial charge on any atom is 0.338 e. The molecular formula is C14H21N3O2. The number of hydrazine groups is 1. The summed E-state index contributed by atoms with van der Waals surface area (Å²) in [5, 5.41) is 0. The fourth-order valence-corrected chi connectivity index (χ4v) is 2.33. The fraction of sp³-hybridized carbons (Fsp3) is 0.500. The van der Waals surface area contributed by atoms with Gasteiger partial charge in [0.2, 0.25) is 0 Å². The summed E-state index contributed by atoms with van der Waals surface area (Å²) in [5.74, 6) is 5.19. The number of nitrogens with zero attached hydrogens (tertiary/aromatic N) is 1. The molecule has 1 aromatic carbocycles. The third kappa shape index (κ3) is 3.45. The Balaban J connectivity index is 1.97. The highest BCUT2D eigenvalue weighted by molar-refractivity contribution is 5.89. The number of ether oxygens (including phenoxy) is 1. The maximum absolute atomic E-state index is 11.6. The third-order valence-corrected chi connectivity index (χ3v) is 3.47. The number of carbonyl (C=O) groups excluding carboxylic acids is 1. The monoisotopic (exact) mass is 263 g/mol. The number of piperidine rings is 1. The van der Waals surface area contributed by atoms with Crippen LogP contribution in [-0.4, -0.2) is 31.7 Å². The molecule has 0 amide bonds. The molecule has 1 aromatic rings. The van der Waals surface area contributed by atoms with Gasteiger partial charge in [0.1, 0.15) is 0 Å². The van der Waals surface area contributed by atoms with Crippen molar-refractivity contribution in [2.45, 2.75) is 25.8 Å². The fourth-order valence-electron chi connectivity index (χ4n) is 2.33. The van der Waals surface area contributed by atoms with Crippen LogP contribution in [0.25, 0.3) is 0 Å². The van der Waals surface area contributed by atoms with Crippen molar-refractivity contribution >= 4 is 11.7 Å². The average Bonchev–Trinajstić information content (AvgIpc) is 2.48. The van der Waals surface area contributed by atoms with E-state index in [9.17, 15) is 4.79 Å². The maximum atomic E-state index is 11.6. The number of nitrogens with two attached hydrogens (primary N) is 1. The molecule has 1 aliphatic rings. The normalized spacial score (nSPS) is 16.4. The highest BCUT2D eigenvalue weighted by Crippen LogP contribution is 2.20. The lowest BCUT2D eigenvalue weighted by molar-refractivity contribution is 0.0526. The van der Waals surface area contributed by atoms with Crippen molar-refractivity contribution in [1.82, 2.24) is 5.43 Å². The second-order valence-electron chi connectivity index (χ2n) is 4.70. The first kappa shape index (κ1) is 13.8. The zero-order valence-electron chi connectivity index (χ0n) is 11.3. The molecule has 5 heteroatoms. The average molecular weight is 263 g/mol. The Morgan fingerprint density at radius 3 is 2.53 bits per heavy atom. The molecule has 1 fully saturated rings. The van der Waals surface area contributed by atoms with Gasteiger partial charge in [-0.25, -0.2) is 4.79 Å². The summed E-state index contributed by atoms with van der Waals surface area (Å²) in [4.78, 5) is 13.9. The second kappa shape index (κ2) is 6.54. The first-order valence-corrected chi connectivity index (χ1v) is 6.73. The van der Waals surface area contributed by atoms with Gasteiger partial charge in [0.05, 0.1) is 12.2 Å². The molecule has 0 bridgehead atoms. The van der Waals surface area contributed by atoms with Gasteiger partial charge in [-0.1, -0.05) is 0 Å². The van der Waals surface area contributed by atoms with E-state index in [0.717, 1.165) is 31.6 Å². The van der Waals surface area contributed by atoms with Crippen LogP contribution in [0.5, 0.6) is 0 Å². The molecule has 1 aliphatic heterocycles. The molecule has 104 valence electrons. The zero-order chi connectivity index (χ0) is 13.7. The summed E-state index contributed by atoms with van der Waals surface area (Å²) in [7, 11) is 0. The molecule has 0 atom stereocenters. The van der Waals surface area contributed by atoms with Crippen molar-refractivity contribution in [3.63, 3.8) is 0 Å². The Hall–Kier alpha value is -1.59. The number of carbonyl (C=O) groups is 1. The van der Waals surface area contributed by atoms with Crippen LogP contribution in [-0.2, 0) is 4.74 Å². The van der Waals surface area contributed by atoms with Gasteiger partial charge in [0, 0.05) is 24.8 Å². The molecule has 2 rings (SSSR count). The van der Waals surface area contributed by atoms with E-state index in [1.165, 1.54) is 0 Å². The highest BCUT2D eigenvalue weighted by atomic mass is 16.5. The van der Waals surface area contributed by atoms with Gasteiger partial charge in [-0.05, 0) is 44.0 Å². The van der Waals surface area contributed by atoms with E-state index in [4.69, 9.17) is 10.6 Å². The first-order chi connectivity index (χ1) is 9.24. The van der Waals surface area contributed by atoms with E-state index in [1.54, 1.807) is 0 Å². The van der Waals surface area contributed by atoms with Crippen LogP contribution in [0.2, 0.25) is 0 Å². The predicted molar refractivity (Wildman–Crippen MR) is 75.0 cm³/mol. The van der Waals surface area contributed by atoms with Gasteiger partial charge in [0.25, 0.3) is 0 Å². The molecule has 0 radical (unpaired) electrons. The summed E-state index contributed by atoms with van der Waals surface area (Å²) >= 11 is 0. The first-order valence-electron chi connectivity index (χ1n) is 6.73. The van der Waals surface area contributed by atoms with Crippen molar-refractivity contribution in [3.05, 3.63) is 29.8 Å². The Kier molecular flexibility index (Phi) is 4.76. The van der Waals surface area contributed by atoms with Crippen molar-refractivity contribution in [1.29, 1.82) is 0 Å². The number of anilines is 1. The zero-order valence-corrected chi connectivity index (χ0v) is 11.3. The second-order valence-corrected chi connectivity index (χ2v) is 4.70. The van der Waals surface area contributed by atoms with Gasteiger partial charge in [-0.3, -0.25) is 11.3 Å². The van der Waals surface area contributed by atoms with E-state index in [2.05, 4.69) is 10.3 Å². The van der Waals surface area contributed by atoms with Crippen LogP contribution in [0.4, 0.5) is 5.69 Å².